The molecule has 0 N–H and O–H groups in total. The van der Waals surface area contributed by atoms with Crippen LogP contribution in [-0.2, 0) is 12.8 Å². The number of methoxy groups -OCH3 is 1. The van der Waals surface area contributed by atoms with Gasteiger partial charge in [0.05, 0.1) is 18.2 Å². The molecular weight excluding hydrogens is 417 g/mol. The van der Waals surface area contributed by atoms with Crippen LogP contribution in [0.3, 0.4) is 0 Å². The van der Waals surface area contributed by atoms with E-state index in [1.54, 1.807) is 30.0 Å². The molecule has 0 spiro atoms. The third-order valence-electron chi connectivity index (χ3n) is 4.56. The second kappa shape index (κ2) is 7.91. The molecule has 3 aromatic carbocycles. The predicted molar refractivity (Wildman–Crippen MR) is 108 cm³/mol. The molecule has 0 radical (unpaired) electrons. The summed E-state index contributed by atoms with van der Waals surface area (Å²) in [4.78, 5) is 10.6. The maximum absolute atomic E-state index is 12.8. The fourth-order valence-electron chi connectivity index (χ4n) is 3.01. The lowest BCUT2D eigenvalue weighted by Crippen LogP contribution is -2.13. The van der Waals surface area contributed by atoms with Crippen LogP contribution in [0.25, 0.3) is 22.4 Å². The summed E-state index contributed by atoms with van der Waals surface area (Å²) in [5, 5.41) is 0.517. The van der Waals surface area contributed by atoms with Gasteiger partial charge < -0.3 is 9.57 Å². The molecule has 1 heterocycles. The Morgan fingerprint density at radius 3 is 2.30 bits per heavy atom. The summed E-state index contributed by atoms with van der Waals surface area (Å²) < 4.78 is 45.0. The minimum absolute atomic E-state index is 0.0548. The van der Waals surface area contributed by atoms with Crippen LogP contribution in [0.5, 0.6) is 5.75 Å². The Morgan fingerprint density at radius 1 is 0.967 bits per heavy atom. The van der Waals surface area contributed by atoms with Crippen LogP contribution < -0.4 is 9.57 Å². The Morgan fingerprint density at radius 2 is 1.67 bits per heavy atom. The van der Waals surface area contributed by atoms with Gasteiger partial charge in [0, 0.05) is 10.6 Å². The van der Waals surface area contributed by atoms with E-state index in [0.717, 1.165) is 17.7 Å². The average molecular weight is 433 g/mol. The van der Waals surface area contributed by atoms with Crippen LogP contribution >= 0.6 is 11.6 Å². The molecular formula is C22H16ClF3N2O2. The molecule has 0 fully saturated rings. The van der Waals surface area contributed by atoms with Crippen molar-refractivity contribution in [2.24, 2.45) is 0 Å². The van der Waals surface area contributed by atoms with E-state index >= 15 is 0 Å². The van der Waals surface area contributed by atoms with E-state index in [4.69, 9.17) is 21.2 Å². The first-order valence-corrected chi connectivity index (χ1v) is 9.35. The van der Waals surface area contributed by atoms with Gasteiger partial charge in [-0.2, -0.15) is 17.9 Å². The summed E-state index contributed by atoms with van der Waals surface area (Å²) in [5.74, 6) is 1.25. The molecule has 0 saturated carbocycles. The highest BCUT2D eigenvalue weighted by Crippen LogP contribution is 2.30. The first kappa shape index (κ1) is 20.1. The van der Waals surface area contributed by atoms with Gasteiger partial charge in [0.25, 0.3) is 0 Å². The summed E-state index contributed by atoms with van der Waals surface area (Å²) in [6.07, 6.45) is -4.38. The molecule has 4 aromatic rings. The number of hydrogen-bond acceptors (Lipinski definition) is 3. The lowest BCUT2D eigenvalue weighted by Gasteiger charge is -2.12. The number of fused-ring (bicyclic) bond motifs is 1. The molecule has 0 bridgehead atoms. The number of aromatic nitrogens is 2. The highest BCUT2D eigenvalue weighted by Gasteiger charge is 2.30. The lowest BCUT2D eigenvalue weighted by molar-refractivity contribution is -0.137. The van der Waals surface area contributed by atoms with Crippen LogP contribution in [-0.4, -0.2) is 16.8 Å². The van der Waals surface area contributed by atoms with Gasteiger partial charge in [-0.25, -0.2) is 4.98 Å². The number of benzene rings is 3. The smallest absolute Gasteiger partial charge is 0.416 e. The Balaban J connectivity index is 1.68. The molecule has 8 heteroatoms. The summed E-state index contributed by atoms with van der Waals surface area (Å²) in [6, 6.07) is 17.4. The largest absolute Gasteiger partial charge is 0.497 e. The van der Waals surface area contributed by atoms with Crippen molar-refractivity contribution in [3.63, 3.8) is 0 Å². The molecule has 4 nitrogen and oxygen atoms in total. The summed E-state index contributed by atoms with van der Waals surface area (Å²) in [5.41, 5.74) is 2.01. The summed E-state index contributed by atoms with van der Waals surface area (Å²) >= 11 is 6.14. The van der Waals surface area contributed by atoms with Crippen molar-refractivity contribution in [1.29, 1.82) is 0 Å². The summed E-state index contributed by atoms with van der Waals surface area (Å²) in [7, 11) is 1.58. The third-order valence-corrected chi connectivity index (χ3v) is 4.80. The van der Waals surface area contributed by atoms with Crippen molar-refractivity contribution in [3.05, 3.63) is 82.9 Å². The third kappa shape index (κ3) is 4.07. The first-order chi connectivity index (χ1) is 14.3. The van der Waals surface area contributed by atoms with E-state index in [2.05, 4.69) is 4.98 Å². The number of alkyl halides is 3. The Bertz CT molecular complexity index is 1170. The molecule has 0 aliphatic heterocycles. The van der Waals surface area contributed by atoms with Crippen molar-refractivity contribution < 1.29 is 22.7 Å². The van der Waals surface area contributed by atoms with E-state index in [-0.39, 0.29) is 6.61 Å². The van der Waals surface area contributed by atoms with Crippen molar-refractivity contribution in [2.45, 2.75) is 12.8 Å². The van der Waals surface area contributed by atoms with Crippen molar-refractivity contribution in [1.82, 2.24) is 9.71 Å². The zero-order valence-corrected chi connectivity index (χ0v) is 16.5. The highest BCUT2D eigenvalue weighted by atomic mass is 35.5. The molecule has 0 aliphatic rings. The molecule has 0 aliphatic carbocycles. The molecule has 0 amide bonds. The normalized spacial score (nSPS) is 11.6. The molecule has 4 rings (SSSR count). The fourth-order valence-corrected chi connectivity index (χ4v) is 3.18. The number of ether oxygens (including phenoxy) is 1. The van der Waals surface area contributed by atoms with Gasteiger partial charge in [0.2, 0.25) is 0 Å². The quantitative estimate of drug-likeness (QED) is 0.387. The average Bonchev–Trinajstić information content (AvgIpc) is 3.09. The maximum atomic E-state index is 12.8. The van der Waals surface area contributed by atoms with Crippen LogP contribution in [0.4, 0.5) is 13.2 Å². The van der Waals surface area contributed by atoms with Crippen LogP contribution in [0.2, 0.25) is 5.02 Å². The number of hydrogen-bond donors (Lipinski definition) is 0. The van der Waals surface area contributed by atoms with Gasteiger partial charge in [-0.3, -0.25) is 0 Å². The molecule has 0 saturated heterocycles. The molecule has 30 heavy (non-hydrogen) atoms. The van der Waals surface area contributed by atoms with Gasteiger partial charge >= 0.3 is 6.18 Å². The maximum Gasteiger partial charge on any atom is 0.416 e. The summed E-state index contributed by atoms with van der Waals surface area (Å²) in [6.45, 7) is 0.0548. The molecule has 0 unspecified atom stereocenters. The van der Waals surface area contributed by atoms with Gasteiger partial charge in [0.1, 0.15) is 17.9 Å². The van der Waals surface area contributed by atoms with E-state index in [0.29, 0.717) is 33.2 Å². The van der Waals surface area contributed by atoms with E-state index in [1.165, 1.54) is 12.1 Å². The SMILES string of the molecule is COc1ccc(-c2nc3ccc(Cl)cc3n2OCc2ccc(C(F)(F)F)cc2)cc1. The van der Waals surface area contributed by atoms with Crippen LogP contribution in [0.1, 0.15) is 11.1 Å². The van der Waals surface area contributed by atoms with E-state index in [9.17, 15) is 13.2 Å². The number of nitrogens with zero attached hydrogens (tertiary/aromatic N) is 2. The van der Waals surface area contributed by atoms with Crippen molar-refractivity contribution in [3.8, 4) is 17.1 Å². The zero-order chi connectivity index (χ0) is 21.3. The van der Waals surface area contributed by atoms with E-state index in [1.807, 2.05) is 24.3 Å². The minimum atomic E-state index is -4.38. The number of imidazole rings is 1. The molecule has 154 valence electrons. The second-order valence-electron chi connectivity index (χ2n) is 6.56. The Labute approximate surface area is 175 Å². The second-order valence-corrected chi connectivity index (χ2v) is 7.00. The van der Waals surface area contributed by atoms with E-state index < -0.39 is 11.7 Å². The minimum Gasteiger partial charge on any atom is -0.497 e. The van der Waals surface area contributed by atoms with Gasteiger partial charge in [-0.05, 0) is 60.2 Å². The first-order valence-electron chi connectivity index (χ1n) is 8.97. The number of halogens is 4. The molecule has 0 atom stereocenters. The highest BCUT2D eigenvalue weighted by molar-refractivity contribution is 6.31. The topological polar surface area (TPSA) is 36.3 Å². The Hall–Kier alpha value is -3.19. The van der Waals surface area contributed by atoms with Crippen LogP contribution in [0.15, 0.2) is 66.7 Å². The van der Waals surface area contributed by atoms with Gasteiger partial charge in [0.15, 0.2) is 5.82 Å². The van der Waals surface area contributed by atoms with Gasteiger partial charge in [-0.15, -0.1) is 0 Å². The van der Waals surface area contributed by atoms with Crippen molar-refractivity contribution >= 4 is 22.6 Å². The monoisotopic (exact) mass is 432 g/mol. The van der Waals surface area contributed by atoms with Gasteiger partial charge in [-0.1, -0.05) is 23.7 Å². The zero-order valence-electron chi connectivity index (χ0n) is 15.8. The predicted octanol–water partition coefficient (Wildman–Crippen LogP) is 6.01. The Kier molecular flexibility index (Phi) is 5.30. The lowest BCUT2D eigenvalue weighted by atomic mass is 10.1. The van der Waals surface area contributed by atoms with Crippen molar-refractivity contribution in [2.75, 3.05) is 7.11 Å². The fraction of sp³-hybridized carbons (Fsp3) is 0.136. The molecule has 1 aromatic heterocycles. The standard InChI is InChI=1S/C22H16ClF3N2O2/c1-29-18-9-4-15(5-10-18)21-27-19-11-8-17(23)12-20(19)28(21)30-13-14-2-6-16(7-3-14)22(24,25)26/h2-12H,13H2,1H3. The number of rotatable bonds is 5. The van der Waals surface area contributed by atoms with Crippen LogP contribution in [0, 0.1) is 0 Å².